The minimum Gasteiger partial charge on any atom is -0.116 e. The highest BCUT2D eigenvalue weighted by molar-refractivity contribution is 7.55. The normalized spacial score (nSPS) is 7.20. The maximum atomic E-state index is 2.23. The Bertz CT molecular complexity index is 11.6. The molecule has 0 heterocycles. The lowest BCUT2D eigenvalue weighted by molar-refractivity contribution is 2.13. The third kappa shape index (κ3) is 77.8. The third-order valence-electron chi connectivity index (χ3n) is 0. The van der Waals surface area contributed by atoms with Gasteiger partial charge in [0.25, 0.3) is 0 Å². The van der Waals surface area contributed by atoms with Gasteiger partial charge >= 0.3 is 0 Å². The molecule has 0 nitrogen and oxygen atoms in total. The van der Waals surface area contributed by atoms with Crippen LogP contribution in [0, 0.1) is 0 Å². The predicted octanol–water partition coefficient (Wildman–Crippen LogP) is -0.0939. The standard InChI is InChI=1S/C3H9P.H4Si/c1-4(2)3;/h1-3H3;1H4. The SMILES string of the molecule is CP(C)C.[SiH4]. The summed E-state index contributed by atoms with van der Waals surface area (Å²) in [7, 11) is 0.380. The largest absolute Gasteiger partial charge is 0.116 e. The molecule has 0 aliphatic carbocycles. The summed E-state index contributed by atoms with van der Waals surface area (Å²) in [4.78, 5) is 0. The average molecular weight is 108 g/mol. The Morgan fingerprint density at radius 2 is 1.00 bits per heavy atom. The van der Waals surface area contributed by atoms with Crippen LogP contribution in [0.3, 0.4) is 0 Å². The van der Waals surface area contributed by atoms with Crippen molar-refractivity contribution in [3.05, 3.63) is 0 Å². The summed E-state index contributed by atoms with van der Waals surface area (Å²) in [5, 5.41) is 0. The van der Waals surface area contributed by atoms with Gasteiger partial charge in [0.15, 0.2) is 0 Å². The zero-order chi connectivity index (χ0) is 3.58. The monoisotopic (exact) mass is 108 g/mol. The molecule has 0 N–H and O–H groups in total. The van der Waals surface area contributed by atoms with Crippen LogP contribution in [0.15, 0.2) is 0 Å². The molecule has 0 rings (SSSR count). The van der Waals surface area contributed by atoms with E-state index < -0.39 is 0 Å². The zero-order valence-corrected chi connectivity index (χ0v) is 4.34. The van der Waals surface area contributed by atoms with Crippen molar-refractivity contribution in [1.29, 1.82) is 0 Å². The molecule has 0 radical (unpaired) electrons. The van der Waals surface area contributed by atoms with Gasteiger partial charge in [-0.25, -0.2) is 0 Å². The lowest BCUT2D eigenvalue weighted by Crippen LogP contribution is -1.48. The summed E-state index contributed by atoms with van der Waals surface area (Å²) < 4.78 is 0. The molecule has 0 unspecified atom stereocenters. The first kappa shape index (κ1) is 9.17. The fourth-order valence-corrected chi connectivity index (χ4v) is 0. The molecule has 0 aliphatic rings. The smallest absolute Gasteiger partial charge is 0.0149 e. The van der Waals surface area contributed by atoms with E-state index in [1.165, 1.54) is 0 Å². The minimum atomic E-state index is 0. The Hall–Kier alpha value is 0.647. The highest BCUT2D eigenvalue weighted by Crippen LogP contribution is 2.14. The molecule has 0 aliphatic heterocycles. The van der Waals surface area contributed by atoms with E-state index in [9.17, 15) is 0 Å². The van der Waals surface area contributed by atoms with Crippen molar-refractivity contribution in [3.8, 4) is 0 Å². The average Bonchev–Trinajstić information content (AvgIpc) is 0.811. The summed E-state index contributed by atoms with van der Waals surface area (Å²) in [5.41, 5.74) is 0. The van der Waals surface area contributed by atoms with Gasteiger partial charge in [-0.1, -0.05) is 0 Å². The topological polar surface area (TPSA) is 0 Å². The van der Waals surface area contributed by atoms with Gasteiger partial charge in [-0.15, -0.1) is 7.92 Å². The molecule has 5 heavy (non-hydrogen) atoms. The van der Waals surface area contributed by atoms with Crippen molar-refractivity contribution in [2.75, 3.05) is 20.0 Å². The van der Waals surface area contributed by atoms with Gasteiger partial charge in [0.1, 0.15) is 0 Å². The first-order valence-corrected chi connectivity index (χ1v) is 4.02. The van der Waals surface area contributed by atoms with Crippen LogP contribution in [-0.2, 0) is 0 Å². The van der Waals surface area contributed by atoms with E-state index in [4.69, 9.17) is 0 Å². The van der Waals surface area contributed by atoms with Gasteiger partial charge in [0.2, 0.25) is 0 Å². The molecule has 2 heteroatoms. The van der Waals surface area contributed by atoms with Crippen LogP contribution < -0.4 is 0 Å². The van der Waals surface area contributed by atoms with Crippen LogP contribution in [0.5, 0.6) is 0 Å². The number of rotatable bonds is 0. The van der Waals surface area contributed by atoms with Crippen LogP contribution in [-0.4, -0.2) is 31.0 Å². The van der Waals surface area contributed by atoms with Crippen LogP contribution in [0.25, 0.3) is 0 Å². The van der Waals surface area contributed by atoms with Crippen molar-refractivity contribution in [2.24, 2.45) is 0 Å². The molecular weight excluding hydrogens is 95.1 g/mol. The van der Waals surface area contributed by atoms with Crippen molar-refractivity contribution >= 4 is 18.9 Å². The second-order valence-corrected chi connectivity index (χ2v) is 4.02. The maximum absolute atomic E-state index is 2.23. The summed E-state index contributed by atoms with van der Waals surface area (Å²) >= 11 is 0. The van der Waals surface area contributed by atoms with E-state index in [0.717, 1.165) is 0 Å². The van der Waals surface area contributed by atoms with E-state index in [1.807, 2.05) is 0 Å². The van der Waals surface area contributed by atoms with E-state index >= 15 is 0 Å². The molecule has 0 saturated carbocycles. The van der Waals surface area contributed by atoms with Gasteiger partial charge in [0.05, 0.1) is 0 Å². The quantitative estimate of drug-likeness (QED) is 0.300. The third-order valence-corrected chi connectivity index (χ3v) is 0. The molecule has 0 spiro atoms. The van der Waals surface area contributed by atoms with E-state index in [-0.39, 0.29) is 11.0 Å². The molecule has 34 valence electrons. The van der Waals surface area contributed by atoms with Crippen LogP contribution in [0.2, 0.25) is 0 Å². The van der Waals surface area contributed by atoms with Crippen molar-refractivity contribution in [1.82, 2.24) is 0 Å². The Labute approximate surface area is 39.7 Å². The molecule has 0 saturated heterocycles. The Morgan fingerprint density at radius 1 is 1.00 bits per heavy atom. The number of hydrogen-bond donors (Lipinski definition) is 0. The predicted molar refractivity (Wildman–Crippen MR) is 36.0 cm³/mol. The molecule has 0 aromatic rings. The van der Waals surface area contributed by atoms with Crippen LogP contribution in [0.4, 0.5) is 0 Å². The fourth-order valence-electron chi connectivity index (χ4n) is 0. The molecular formula is C3H13PSi. The highest BCUT2D eigenvalue weighted by Gasteiger charge is 1.65. The van der Waals surface area contributed by atoms with Gasteiger partial charge in [0, 0.05) is 0 Å². The summed E-state index contributed by atoms with van der Waals surface area (Å²) in [5.74, 6) is 0. The first-order valence-electron chi connectivity index (χ1n) is 1.34. The summed E-state index contributed by atoms with van der Waals surface area (Å²) in [6.45, 7) is 6.69. The molecule has 0 aromatic heterocycles. The summed E-state index contributed by atoms with van der Waals surface area (Å²) in [6.07, 6.45) is 0. The lowest BCUT2D eigenvalue weighted by atomic mass is 11.9. The van der Waals surface area contributed by atoms with Crippen LogP contribution in [0.1, 0.15) is 0 Å². The Balaban J connectivity index is 0. The minimum absolute atomic E-state index is 0. The van der Waals surface area contributed by atoms with Crippen molar-refractivity contribution in [3.63, 3.8) is 0 Å². The highest BCUT2D eigenvalue weighted by atomic mass is 31.1. The Morgan fingerprint density at radius 3 is 1.00 bits per heavy atom. The maximum Gasteiger partial charge on any atom is -0.0149 e. The van der Waals surface area contributed by atoms with Gasteiger partial charge in [-0.3, -0.25) is 0 Å². The zero-order valence-electron chi connectivity index (χ0n) is 3.45. The number of hydrogen-bond acceptors (Lipinski definition) is 0. The van der Waals surface area contributed by atoms with Crippen molar-refractivity contribution < 1.29 is 0 Å². The van der Waals surface area contributed by atoms with Gasteiger partial charge in [-0.2, -0.15) is 0 Å². The summed E-state index contributed by atoms with van der Waals surface area (Å²) in [6, 6.07) is 0. The van der Waals surface area contributed by atoms with Crippen molar-refractivity contribution in [2.45, 2.75) is 0 Å². The molecule has 0 bridgehead atoms. The van der Waals surface area contributed by atoms with E-state index in [0.29, 0.717) is 7.92 Å². The molecule has 0 fully saturated rings. The molecule has 0 amide bonds. The molecule has 0 aromatic carbocycles. The second-order valence-electron chi connectivity index (χ2n) is 1.34. The lowest BCUT2D eigenvalue weighted by Gasteiger charge is -1.81. The Kier molecular flexibility index (Phi) is 8.52. The van der Waals surface area contributed by atoms with E-state index in [2.05, 4.69) is 20.0 Å². The fraction of sp³-hybridized carbons (Fsp3) is 1.00. The second kappa shape index (κ2) is 4.65. The van der Waals surface area contributed by atoms with Crippen LogP contribution >= 0.6 is 7.92 Å². The van der Waals surface area contributed by atoms with E-state index in [1.54, 1.807) is 0 Å². The first-order chi connectivity index (χ1) is 1.73. The molecule has 0 atom stereocenters. The van der Waals surface area contributed by atoms with Gasteiger partial charge < -0.3 is 0 Å². The van der Waals surface area contributed by atoms with Gasteiger partial charge in [-0.05, 0) is 31.0 Å².